The lowest BCUT2D eigenvalue weighted by Crippen LogP contribution is -2.30. The maximum atomic E-state index is 10.3. The number of nitrogens with zero attached hydrogens (tertiary/aromatic N) is 1. The number of aromatic nitrogens is 1. The topological polar surface area (TPSA) is 96.3 Å². The average molecular weight is 413 g/mol. The summed E-state index contributed by atoms with van der Waals surface area (Å²) < 4.78 is 38.5. The van der Waals surface area contributed by atoms with E-state index in [9.17, 15) is 13.0 Å². The summed E-state index contributed by atoms with van der Waals surface area (Å²) in [6.45, 7) is 2.69. The Labute approximate surface area is 171 Å². The number of rotatable bonds is 5. The van der Waals surface area contributed by atoms with Gasteiger partial charge < -0.3 is 15.0 Å². The third-order valence-corrected chi connectivity index (χ3v) is 4.75. The van der Waals surface area contributed by atoms with E-state index in [0.29, 0.717) is 12.3 Å². The summed E-state index contributed by atoms with van der Waals surface area (Å²) in [6, 6.07) is 19.3. The van der Waals surface area contributed by atoms with Crippen molar-refractivity contribution in [2.24, 2.45) is 7.05 Å². The Kier molecular flexibility index (Phi) is 7.94. The van der Waals surface area contributed by atoms with Gasteiger partial charge in [0.25, 0.3) is 0 Å². The summed E-state index contributed by atoms with van der Waals surface area (Å²) in [7, 11) is -2.29. The molecule has 0 saturated heterocycles. The van der Waals surface area contributed by atoms with Crippen molar-refractivity contribution < 1.29 is 22.3 Å². The van der Waals surface area contributed by atoms with Crippen molar-refractivity contribution in [3.05, 3.63) is 84.2 Å². The smallest absolute Gasteiger partial charge is 0.204 e. The standard InChI is InChI=1S/C16H18NO.C6H7NO3S/c1-3-18-16-11-8-14(9-12-16)7-10-15-6-4-5-13-17(15)2;7-5-1-3-6(4-2-5)11(8,9)10/h4-13H,3H2,1-2H3;1-4H,7H2,(H,8,9,10)/q+1;/p-1/b10-7+;. The van der Waals surface area contributed by atoms with Crippen LogP contribution in [0.5, 0.6) is 5.75 Å². The molecule has 2 N–H and O–H groups in total. The third-order valence-electron chi connectivity index (χ3n) is 3.90. The van der Waals surface area contributed by atoms with Crippen LogP contribution in [0.1, 0.15) is 18.2 Å². The summed E-state index contributed by atoms with van der Waals surface area (Å²) in [5.41, 5.74) is 8.04. The normalized spacial score (nSPS) is 11.0. The lowest BCUT2D eigenvalue weighted by molar-refractivity contribution is -0.673. The zero-order valence-electron chi connectivity index (χ0n) is 16.4. The molecule has 0 atom stereocenters. The Bertz CT molecular complexity index is 1040. The fourth-order valence-corrected chi connectivity index (χ4v) is 2.84. The molecule has 3 aromatic rings. The van der Waals surface area contributed by atoms with Crippen LogP contribution in [0.3, 0.4) is 0 Å². The van der Waals surface area contributed by atoms with Crippen LogP contribution in [0.25, 0.3) is 12.2 Å². The van der Waals surface area contributed by atoms with E-state index in [0.717, 1.165) is 5.75 Å². The highest BCUT2D eigenvalue weighted by Gasteiger charge is 1.99. The quantitative estimate of drug-likeness (QED) is 0.394. The second-order valence-corrected chi connectivity index (χ2v) is 7.47. The summed E-state index contributed by atoms with van der Waals surface area (Å²) >= 11 is 0. The van der Waals surface area contributed by atoms with E-state index in [1.54, 1.807) is 0 Å². The van der Waals surface area contributed by atoms with E-state index in [-0.39, 0.29) is 4.90 Å². The lowest BCUT2D eigenvalue weighted by atomic mass is 10.2. The van der Waals surface area contributed by atoms with E-state index in [2.05, 4.69) is 34.9 Å². The monoisotopic (exact) mass is 412 g/mol. The molecule has 2 aromatic carbocycles. The van der Waals surface area contributed by atoms with Crippen molar-refractivity contribution in [3.8, 4) is 5.75 Å². The third kappa shape index (κ3) is 7.40. The molecular weight excluding hydrogens is 388 g/mol. The molecule has 7 heteroatoms. The Balaban J connectivity index is 0.000000234. The van der Waals surface area contributed by atoms with Crippen molar-refractivity contribution in [2.45, 2.75) is 11.8 Å². The zero-order valence-corrected chi connectivity index (χ0v) is 17.2. The molecule has 0 bridgehead atoms. The van der Waals surface area contributed by atoms with Gasteiger partial charge in [0, 0.05) is 23.9 Å². The minimum absolute atomic E-state index is 0.258. The highest BCUT2D eigenvalue weighted by atomic mass is 32.2. The van der Waals surface area contributed by atoms with Crippen molar-refractivity contribution in [1.82, 2.24) is 0 Å². The van der Waals surface area contributed by atoms with E-state index < -0.39 is 10.1 Å². The minimum Gasteiger partial charge on any atom is -0.744 e. The van der Waals surface area contributed by atoms with Gasteiger partial charge in [0.2, 0.25) is 5.69 Å². The molecule has 6 nitrogen and oxygen atoms in total. The number of aryl methyl sites for hydroxylation is 1. The van der Waals surface area contributed by atoms with Gasteiger partial charge >= 0.3 is 0 Å². The summed E-state index contributed by atoms with van der Waals surface area (Å²) in [5, 5.41) is 0. The Morgan fingerprint density at radius 1 is 1.00 bits per heavy atom. The SMILES string of the molecule is CCOc1ccc(/C=C/c2cccc[n+]2C)cc1.Nc1ccc(S(=O)(=O)[O-])cc1. The summed E-state index contributed by atoms with van der Waals surface area (Å²) in [5.74, 6) is 0.917. The number of benzene rings is 2. The first-order valence-electron chi connectivity index (χ1n) is 8.96. The molecule has 29 heavy (non-hydrogen) atoms. The molecule has 152 valence electrons. The molecule has 0 aliphatic carbocycles. The number of nitrogens with two attached hydrogens (primary N) is 1. The fourth-order valence-electron chi connectivity index (χ4n) is 2.37. The second-order valence-electron chi connectivity index (χ2n) is 6.09. The van der Waals surface area contributed by atoms with Gasteiger partial charge in [-0.05, 0) is 61.0 Å². The number of ether oxygens (including phenoxy) is 1. The van der Waals surface area contributed by atoms with Crippen LogP contribution < -0.4 is 15.0 Å². The number of nitrogen functional groups attached to an aromatic ring is 1. The molecule has 0 radical (unpaired) electrons. The van der Waals surface area contributed by atoms with Crippen molar-refractivity contribution in [1.29, 1.82) is 0 Å². The van der Waals surface area contributed by atoms with Gasteiger partial charge in [-0.3, -0.25) is 0 Å². The lowest BCUT2D eigenvalue weighted by Gasteiger charge is -2.05. The van der Waals surface area contributed by atoms with Crippen LogP contribution in [0.2, 0.25) is 0 Å². The van der Waals surface area contributed by atoms with Crippen LogP contribution in [-0.2, 0) is 17.2 Å². The van der Waals surface area contributed by atoms with Crippen LogP contribution in [0.4, 0.5) is 5.69 Å². The molecule has 3 rings (SSSR count). The molecule has 0 amide bonds. The van der Waals surface area contributed by atoms with Crippen molar-refractivity contribution in [2.75, 3.05) is 12.3 Å². The molecule has 0 saturated carbocycles. The van der Waals surface area contributed by atoms with E-state index in [1.165, 1.54) is 35.5 Å². The number of pyridine rings is 1. The predicted octanol–water partition coefficient (Wildman–Crippen LogP) is 3.25. The zero-order chi connectivity index (χ0) is 21.3. The van der Waals surface area contributed by atoms with Gasteiger partial charge in [0.1, 0.15) is 22.9 Å². The van der Waals surface area contributed by atoms with Crippen LogP contribution in [0.15, 0.2) is 77.8 Å². The minimum atomic E-state index is -4.33. The highest BCUT2D eigenvalue weighted by molar-refractivity contribution is 7.85. The first-order valence-corrected chi connectivity index (χ1v) is 10.4. The maximum Gasteiger partial charge on any atom is 0.204 e. The molecular formula is C22H24N2O4S. The van der Waals surface area contributed by atoms with Gasteiger partial charge in [-0.25, -0.2) is 13.0 Å². The van der Waals surface area contributed by atoms with Gasteiger partial charge in [0.15, 0.2) is 6.20 Å². The molecule has 0 fully saturated rings. The first-order chi connectivity index (χ1) is 13.8. The van der Waals surface area contributed by atoms with E-state index >= 15 is 0 Å². The molecule has 0 aliphatic rings. The molecule has 0 unspecified atom stereocenters. The molecule has 1 aromatic heterocycles. The Hall–Kier alpha value is -3.16. The Morgan fingerprint density at radius 2 is 1.66 bits per heavy atom. The van der Waals surface area contributed by atoms with Crippen LogP contribution in [0, 0.1) is 0 Å². The Morgan fingerprint density at radius 3 is 2.21 bits per heavy atom. The fraction of sp³-hybridized carbons (Fsp3) is 0.136. The molecule has 0 spiro atoms. The summed E-state index contributed by atoms with van der Waals surface area (Å²) in [6.07, 6.45) is 6.25. The van der Waals surface area contributed by atoms with Gasteiger partial charge in [-0.15, -0.1) is 0 Å². The van der Waals surface area contributed by atoms with Crippen LogP contribution in [-0.4, -0.2) is 19.6 Å². The first kappa shape index (κ1) is 22.1. The molecule has 0 aliphatic heterocycles. The average Bonchev–Trinajstić information content (AvgIpc) is 2.69. The number of hydrogen-bond donors (Lipinski definition) is 1. The molecule has 1 heterocycles. The summed E-state index contributed by atoms with van der Waals surface area (Å²) in [4.78, 5) is -0.258. The highest BCUT2D eigenvalue weighted by Crippen LogP contribution is 2.14. The maximum absolute atomic E-state index is 10.3. The predicted molar refractivity (Wildman–Crippen MR) is 113 cm³/mol. The second kappa shape index (κ2) is 10.4. The van der Waals surface area contributed by atoms with Gasteiger partial charge in [0.05, 0.1) is 11.5 Å². The number of hydrogen-bond acceptors (Lipinski definition) is 5. The van der Waals surface area contributed by atoms with Crippen LogP contribution >= 0.6 is 0 Å². The van der Waals surface area contributed by atoms with Gasteiger partial charge in [-0.2, -0.15) is 0 Å². The van der Waals surface area contributed by atoms with Crippen molar-refractivity contribution in [3.63, 3.8) is 0 Å². The van der Waals surface area contributed by atoms with E-state index in [4.69, 9.17) is 10.5 Å². The number of anilines is 1. The van der Waals surface area contributed by atoms with E-state index in [1.807, 2.05) is 44.4 Å². The van der Waals surface area contributed by atoms with Gasteiger partial charge in [-0.1, -0.05) is 12.1 Å². The largest absolute Gasteiger partial charge is 0.744 e. The van der Waals surface area contributed by atoms with Crippen molar-refractivity contribution >= 4 is 28.0 Å².